The molecular weight excluding hydrogens is 353 g/mol. The van der Waals surface area contributed by atoms with E-state index in [4.69, 9.17) is 4.52 Å². The van der Waals surface area contributed by atoms with E-state index >= 15 is 0 Å². The van der Waals surface area contributed by atoms with Gasteiger partial charge in [0.15, 0.2) is 0 Å². The van der Waals surface area contributed by atoms with Crippen LogP contribution in [-0.4, -0.2) is 20.7 Å². The Morgan fingerprint density at radius 2 is 2.22 bits per heavy atom. The molecule has 1 aliphatic rings. The zero-order valence-electron chi connectivity index (χ0n) is 14.9. The van der Waals surface area contributed by atoms with Crippen molar-refractivity contribution in [2.24, 2.45) is 0 Å². The van der Waals surface area contributed by atoms with Crippen LogP contribution in [0.2, 0.25) is 0 Å². The highest BCUT2D eigenvalue weighted by Crippen LogP contribution is 2.35. The number of halogens is 1. The van der Waals surface area contributed by atoms with Crippen LogP contribution in [0.3, 0.4) is 0 Å². The molecule has 1 aliphatic heterocycles. The SMILES string of the molecule is Cc1cc(CNC(=O)c2c(O)c3cc(F)cc4c3n(c2=O)C(C)CC4)no1. The van der Waals surface area contributed by atoms with Crippen LogP contribution in [-0.2, 0) is 13.0 Å². The number of pyridine rings is 1. The minimum Gasteiger partial charge on any atom is -0.506 e. The van der Waals surface area contributed by atoms with Gasteiger partial charge in [-0.15, -0.1) is 0 Å². The number of carbonyl (C=O) groups excluding carboxylic acids is 1. The van der Waals surface area contributed by atoms with Crippen molar-refractivity contribution in [3.05, 3.63) is 57.0 Å². The van der Waals surface area contributed by atoms with Crippen molar-refractivity contribution >= 4 is 16.8 Å². The van der Waals surface area contributed by atoms with Gasteiger partial charge in [0.1, 0.15) is 28.6 Å². The van der Waals surface area contributed by atoms with E-state index in [1.54, 1.807) is 13.0 Å². The third kappa shape index (κ3) is 2.77. The Bertz CT molecular complexity index is 1130. The molecule has 1 aromatic carbocycles. The second kappa shape index (κ2) is 6.22. The fourth-order valence-corrected chi connectivity index (χ4v) is 3.65. The second-order valence-corrected chi connectivity index (χ2v) is 6.86. The minimum absolute atomic E-state index is 0.0387. The molecule has 140 valence electrons. The highest BCUT2D eigenvalue weighted by Gasteiger charge is 2.28. The largest absolute Gasteiger partial charge is 0.506 e. The van der Waals surface area contributed by atoms with Crippen molar-refractivity contribution in [2.45, 2.75) is 39.3 Å². The fourth-order valence-electron chi connectivity index (χ4n) is 3.65. The number of hydrogen-bond donors (Lipinski definition) is 2. The molecule has 1 atom stereocenters. The average molecular weight is 371 g/mol. The Labute approximate surface area is 153 Å². The smallest absolute Gasteiger partial charge is 0.267 e. The predicted molar refractivity (Wildman–Crippen MR) is 95.3 cm³/mol. The van der Waals surface area contributed by atoms with Crippen LogP contribution in [0, 0.1) is 12.7 Å². The number of carbonyl (C=O) groups is 1. The summed E-state index contributed by atoms with van der Waals surface area (Å²) in [5.41, 5.74) is 0.646. The van der Waals surface area contributed by atoms with E-state index in [1.165, 1.54) is 10.6 Å². The summed E-state index contributed by atoms with van der Waals surface area (Å²) >= 11 is 0. The molecule has 7 nitrogen and oxygen atoms in total. The predicted octanol–water partition coefficient (Wildman–Crippen LogP) is 2.58. The van der Waals surface area contributed by atoms with Crippen molar-refractivity contribution in [2.75, 3.05) is 0 Å². The number of aryl methyl sites for hydroxylation is 2. The lowest BCUT2D eigenvalue weighted by atomic mass is 9.95. The first-order valence-electron chi connectivity index (χ1n) is 8.66. The number of amides is 1. The molecule has 0 bridgehead atoms. The number of nitrogens with zero attached hydrogens (tertiary/aromatic N) is 2. The molecule has 0 spiro atoms. The van der Waals surface area contributed by atoms with E-state index in [2.05, 4.69) is 10.5 Å². The summed E-state index contributed by atoms with van der Waals surface area (Å²) < 4.78 is 20.4. The van der Waals surface area contributed by atoms with Crippen LogP contribution >= 0.6 is 0 Å². The van der Waals surface area contributed by atoms with Crippen molar-refractivity contribution < 1.29 is 18.8 Å². The standard InChI is InChI=1S/C19H18FN3O4/c1-9-3-4-11-6-12(20)7-14-16(11)23(9)19(26)15(17(14)24)18(25)21-8-13-5-10(2)27-22-13/h5-7,9,24H,3-4,8H2,1-2H3,(H,21,25). The van der Waals surface area contributed by atoms with E-state index in [1.807, 2.05) is 6.92 Å². The van der Waals surface area contributed by atoms with E-state index in [9.17, 15) is 19.1 Å². The topological polar surface area (TPSA) is 97.4 Å². The zero-order valence-corrected chi connectivity index (χ0v) is 14.9. The maximum atomic E-state index is 14.0. The van der Waals surface area contributed by atoms with E-state index < -0.39 is 28.6 Å². The van der Waals surface area contributed by atoms with Gasteiger partial charge in [0.25, 0.3) is 11.5 Å². The molecule has 3 aromatic rings. The number of rotatable bonds is 3. The van der Waals surface area contributed by atoms with E-state index in [-0.39, 0.29) is 18.0 Å². The zero-order chi connectivity index (χ0) is 19.3. The number of aromatic nitrogens is 2. The van der Waals surface area contributed by atoms with Gasteiger partial charge in [0, 0.05) is 17.5 Å². The summed E-state index contributed by atoms with van der Waals surface area (Å²) in [6, 6.07) is 4.01. The quantitative estimate of drug-likeness (QED) is 0.738. The van der Waals surface area contributed by atoms with Crippen molar-refractivity contribution in [3.8, 4) is 5.75 Å². The molecule has 0 radical (unpaired) electrons. The molecule has 0 saturated carbocycles. The molecule has 27 heavy (non-hydrogen) atoms. The van der Waals surface area contributed by atoms with Gasteiger partial charge in [-0.2, -0.15) is 0 Å². The van der Waals surface area contributed by atoms with Crippen LogP contribution in [0.25, 0.3) is 10.9 Å². The normalized spacial score (nSPS) is 15.9. The molecular formula is C19H18FN3O4. The molecule has 1 amide bonds. The van der Waals surface area contributed by atoms with Crippen molar-refractivity contribution in [3.63, 3.8) is 0 Å². The lowest BCUT2D eigenvalue weighted by molar-refractivity contribution is 0.0945. The number of nitrogens with one attached hydrogen (secondary N) is 1. The summed E-state index contributed by atoms with van der Waals surface area (Å²) in [7, 11) is 0. The fraction of sp³-hybridized carbons (Fsp3) is 0.316. The average Bonchev–Trinajstić information content (AvgIpc) is 3.04. The molecule has 0 fully saturated rings. The Kier molecular flexibility index (Phi) is 3.98. The second-order valence-electron chi connectivity index (χ2n) is 6.86. The maximum absolute atomic E-state index is 14.0. The third-order valence-corrected chi connectivity index (χ3v) is 4.93. The summed E-state index contributed by atoms with van der Waals surface area (Å²) in [4.78, 5) is 25.6. The lowest BCUT2D eigenvalue weighted by Crippen LogP contribution is -2.36. The lowest BCUT2D eigenvalue weighted by Gasteiger charge is -2.26. The van der Waals surface area contributed by atoms with Crippen LogP contribution < -0.4 is 10.9 Å². The molecule has 8 heteroatoms. The molecule has 2 aromatic heterocycles. The van der Waals surface area contributed by atoms with Gasteiger partial charge >= 0.3 is 0 Å². The van der Waals surface area contributed by atoms with Crippen LogP contribution in [0.15, 0.2) is 27.5 Å². The van der Waals surface area contributed by atoms with Gasteiger partial charge in [-0.3, -0.25) is 9.59 Å². The summed E-state index contributed by atoms with van der Waals surface area (Å²) in [5.74, 6) is -1.17. The Hall–Kier alpha value is -3.16. The summed E-state index contributed by atoms with van der Waals surface area (Å²) in [5, 5.41) is 17.1. The maximum Gasteiger partial charge on any atom is 0.267 e. The highest BCUT2D eigenvalue weighted by atomic mass is 19.1. The molecule has 4 rings (SSSR count). The van der Waals surface area contributed by atoms with Gasteiger partial charge in [-0.1, -0.05) is 5.16 Å². The first kappa shape index (κ1) is 17.3. The highest BCUT2D eigenvalue weighted by molar-refractivity contribution is 6.03. The van der Waals surface area contributed by atoms with Gasteiger partial charge in [0.2, 0.25) is 0 Å². The third-order valence-electron chi connectivity index (χ3n) is 4.93. The first-order chi connectivity index (χ1) is 12.9. The van der Waals surface area contributed by atoms with Gasteiger partial charge in [0.05, 0.1) is 12.1 Å². The first-order valence-corrected chi connectivity index (χ1v) is 8.66. The van der Waals surface area contributed by atoms with Gasteiger partial charge in [-0.25, -0.2) is 4.39 Å². The molecule has 2 N–H and O–H groups in total. The van der Waals surface area contributed by atoms with Crippen molar-refractivity contribution in [1.29, 1.82) is 0 Å². The van der Waals surface area contributed by atoms with Gasteiger partial charge < -0.3 is 19.5 Å². The number of hydrogen-bond acceptors (Lipinski definition) is 5. The minimum atomic E-state index is -0.743. The molecule has 0 aliphatic carbocycles. The van der Waals surface area contributed by atoms with E-state index in [0.29, 0.717) is 35.4 Å². The van der Waals surface area contributed by atoms with Crippen LogP contribution in [0.4, 0.5) is 4.39 Å². The van der Waals surface area contributed by atoms with Crippen molar-refractivity contribution in [1.82, 2.24) is 15.0 Å². The molecule has 3 heterocycles. The summed E-state index contributed by atoms with van der Waals surface area (Å²) in [6.07, 6.45) is 1.25. The van der Waals surface area contributed by atoms with Crippen LogP contribution in [0.5, 0.6) is 5.75 Å². The number of aromatic hydroxyl groups is 1. The Balaban J connectivity index is 1.83. The number of benzene rings is 1. The van der Waals surface area contributed by atoms with Crippen LogP contribution in [0.1, 0.15) is 46.8 Å². The summed E-state index contributed by atoms with van der Waals surface area (Å²) in [6.45, 7) is 3.62. The molecule has 0 saturated heterocycles. The Morgan fingerprint density at radius 1 is 1.44 bits per heavy atom. The Morgan fingerprint density at radius 3 is 2.93 bits per heavy atom. The van der Waals surface area contributed by atoms with Gasteiger partial charge in [-0.05, 0) is 44.4 Å². The molecule has 1 unspecified atom stereocenters. The van der Waals surface area contributed by atoms with E-state index in [0.717, 1.165) is 6.07 Å². The monoisotopic (exact) mass is 371 g/mol.